The molecular formula is C25H33NOSi. The minimum atomic E-state index is -1.78. The van der Waals surface area contributed by atoms with Crippen molar-refractivity contribution in [2.24, 2.45) is 0 Å². The summed E-state index contributed by atoms with van der Waals surface area (Å²) in [6.07, 6.45) is 0.833. The molecule has 3 heteroatoms. The largest absolute Gasteiger partial charge is 0.508 e. The molecule has 1 unspecified atom stereocenters. The number of rotatable bonds is 4. The van der Waals surface area contributed by atoms with E-state index in [1.165, 1.54) is 10.9 Å². The Balaban J connectivity index is 2.15. The Labute approximate surface area is 170 Å². The monoisotopic (exact) mass is 391 g/mol. The molecule has 0 amide bonds. The number of para-hydroxylation sites is 1. The van der Waals surface area contributed by atoms with Crippen LogP contribution in [-0.4, -0.2) is 18.2 Å². The molecule has 0 spiro atoms. The average Bonchev–Trinajstić information content (AvgIpc) is 2.59. The molecule has 1 N–H and O–H groups in total. The van der Waals surface area contributed by atoms with Gasteiger partial charge in [-0.15, -0.1) is 0 Å². The number of hydrogen-bond acceptors (Lipinski definition) is 2. The minimum absolute atomic E-state index is 0.221. The zero-order chi connectivity index (χ0) is 20.7. The van der Waals surface area contributed by atoms with Crippen LogP contribution in [0.4, 0.5) is 0 Å². The molecule has 2 aromatic carbocycles. The standard InChI is InChI=1S/C25H33NOSi/c1-17-14-18(2)20(23(27)15-17)16-24(28(6,7)25(3,4)5)22-13-12-19-10-8-9-11-21(19)26-22/h8-15,24,27H,16H2,1-7H3. The summed E-state index contributed by atoms with van der Waals surface area (Å²) in [6, 6.07) is 16.8. The lowest BCUT2D eigenvalue weighted by molar-refractivity contribution is 0.465. The summed E-state index contributed by atoms with van der Waals surface area (Å²) in [7, 11) is -1.78. The quantitative estimate of drug-likeness (QED) is 0.489. The van der Waals surface area contributed by atoms with Crippen LogP contribution >= 0.6 is 0 Å². The van der Waals surface area contributed by atoms with Gasteiger partial charge in [-0.05, 0) is 60.2 Å². The van der Waals surface area contributed by atoms with Crippen molar-refractivity contribution in [3.8, 4) is 5.75 Å². The van der Waals surface area contributed by atoms with E-state index in [0.717, 1.165) is 28.8 Å². The van der Waals surface area contributed by atoms with E-state index >= 15 is 0 Å². The highest BCUT2D eigenvalue weighted by atomic mass is 28.3. The predicted molar refractivity (Wildman–Crippen MR) is 123 cm³/mol. The summed E-state index contributed by atoms with van der Waals surface area (Å²) in [4.78, 5) is 5.08. The van der Waals surface area contributed by atoms with Crippen LogP contribution in [0.3, 0.4) is 0 Å². The van der Waals surface area contributed by atoms with Crippen molar-refractivity contribution in [1.82, 2.24) is 4.98 Å². The molecule has 0 aliphatic heterocycles. The maximum absolute atomic E-state index is 10.7. The van der Waals surface area contributed by atoms with Crippen LogP contribution in [0.5, 0.6) is 5.75 Å². The van der Waals surface area contributed by atoms with Gasteiger partial charge in [0.25, 0.3) is 0 Å². The van der Waals surface area contributed by atoms with Gasteiger partial charge in [-0.25, -0.2) is 0 Å². The highest BCUT2D eigenvalue weighted by Gasteiger charge is 2.43. The molecule has 148 valence electrons. The maximum atomic E-state index is 10.7. The highest BCUT2D eigenvalue weighted by molar-refractivity contribution is 6.81. The average molecular weight is 392 g/mol. The van der Waals surface area contributed by atoms with Gasteiger partial charge < -0.3 is 5.11 Å². The minimum Gasteiger partial charge on any atom is -0.508 e. The zero-order valence-electron chi connectivity index (χ0n) is 18.3. The Morgan fingerprint density at radius 3 is 2.32 bits per heavy atom. The van der Waals surface area contributed by atoms with Crippen LogP contribution in [0, 0.1) is 13.8 Å². The molecule has 0 saturated carbocycles. The van der Waals surface area contributed by atoms with Crippen molar-refractivity contribution >= 4 is 19.0 Å². The van der Waals surface area contributed by atoms with E-state index in [0.29, 0.717) is 11.3 Å². The summed E-state index contributed by atoms with van der Waals surface area (Å²) in [5.41, 5.74) is 5.87. The Morgan fingerprint density at radius 2 is 1.68 bits per heavy atom. The first-order valence-corrected chi connectivity index (χ1v) is 13.2. The van der Waals surface area contributed by atoms with Gasteiger partial charge in [0.15, 0.2) is 0 Å². The van der Waals surface area contributed by atoms with Crippen molar-refractivity contribution in [2.45, 2.75) is 64.7 Å². The van der Waals surface area contributed by atoms with Gasteiger partial charge in [0, 0.05) is 16.6 Å². The summed E-state index contributed by atoms with van der Waals surface area (Å²) < 4.78 is 0. The van der Waals surface area contributed by atoms with Gasteiger partial charge in [0.1, 0.15) is 5.75 Å². The number of phenols is 1. The SMILES string of the molecule is Cc1cc(C)c(CC(c2ccc3ccccc3n2)[Si](C)(C)C(C)(C)C)c(O)c1. The number of phenolic OH excluding ortho intramolecular Hbond substituents is 1. The van der Waals surface area contributed by atoms with Crippen LogP contribution in [0.2, 0.25) is 18.1 Å². The van der Waals surface area contributed by atoms with E-state index in [1.54, 1.807) is 0 Å². The molecule has 0 bridgehead atoms. The molecule has 1 aromatic heterocycles. The van der Waals surface area contributed by atoms with E-state index in [-0.39, 0.29) is 5.04 Å². The number of aromatic nitrogens is 1. The fraction of sp³-hybridized carbons (Fsp3) is 0.400. The first-order chi connectivity index (χ1) is 13.0. The number of benzene rings is 2. The second-order valence-corrected chi connectivity index (χ2v) is 15.4. The second kappa shape index (κ2) is 7.36. The maximum Gasteiger partial charge on any atom is 0.119 e. The van der Waals surface area contributed by atoms with Crippen LogP contribution in [-0.2, 0) is 6.42 Å². The lowest BCUT2D eigenvalue weighted by atomic mass is 9.98. The Hall–Kier alpha value is -2.13. The Bertz CT molecular complexity index is 978. The molecule has 2 nitrogen and oxygen atoms in total. The second-order valence-electron chi connectivity index (χ2n) is 9.74. The van der Waals surface area contributed by atoms with Gasteiger partial charge in [0.2, 0.25) is 0 Å². The number of aryl methyl sites for hydroxylation is 2. The molecule has 28 heavy (non-hydrogen) atoms. The van der Waals surface area contributed by atoms with Crippen LogP contribution in [0.15, 0.2) is 48.5 Å². The van der Waals surface area contributed by atoms with Gasteiger partial charge in [-0.1, -0.05) is 64.2 Å². The first kappa shape index (κ1) is 20.6. The number of fused-ring (bicyclic) bond motifs is 1. The van der Waals surface area contributed by atoms with E-state index in [4.69, 9.17) is 4.98 Å². The molecule has 3 rings (SSSR count). The topological polar surface area (TPSA) is 33.1 Å². The third kappa shape index (κ3) is 3.86. The number of nitrogens with zero attached hydrogens (tertiary/aromatic N) is 1. The molecule has 0 saturated heterocycles. The number of pyridine rings is 1. The molecule has 0 aliphatic carbocycles. The van der Waals surface area contributed by atoms with Crippen molar-refractivity contribution in [3.05, 3.63) is 70.9 Å². The summed E-state index contributed by atoms with van der Waals surface area (Å²) in [5.74, 6) is 0.419. The Morgan fingerprint density at radius 1 is 1.00 bits per heavy atom. The van der Waals surface area contributed by atoms with E-state index in [1.807, 2.05) is 13.0 Å². The van der Waals surface area contributed by atoms with Gasteiger partial charge in [-0.3, -0.25) is 4.98 Å². The molecule has 0 fully saturated rings. The van der Waals surface area contributed by atoms with E-state index < -0.39 is 8.07 Å². The smallest absolute Gasteiger partial charge is 0.119 e. The van der Waals surface area contributed by atoms with Crippen molar-refractivity contribution in [1.29, 1.82) is 0 Å². The summed E-state index contributed by atoms with van der Waals surface area (Å²) in [6.45, 7) is 16.1. The number of hydrogen-bond donors (Lipinski definition) is 1. The number of aromatic hydroxyl groups is 1. The summed E-state index contributed by atoms with van der Waals surface area (Å²) in [5, 5.41) is 12.1. The molecule has 1 atom stereocenters. The fourth-order valence-corrected chi connectivity index (χ4v) is 6.63. The summed E-state index contributed by atoms with van der Waals surface area (Å²) >= 11 is 0. The van der Waals surface area contributed by atoms with E-state index in [2.05, 4.69) is 83.3 Å². The molecule has 0 aliphatic rings. The van der Waals surface area contributed by atoms with Gasteiger partial charge in [0.05, 0.1) is 13.6 Å². The van der Waals surface area contributed by atoms with Crippen LogP contribution in [0.25, 0.3) is 10.9 Å². The van der Waals surface area contributed by atoms with Crippen LogP contribution in [0.1, 0.15) is 48.7 Å². The first-order valence-electron chi connectivity index (χ1n) is 10.2. The van der Waals surface area contributed by atoms with Gasteiger partial charge in [-0.2, -0.15) is 0 Å². The zero-order valence-corrected chi connectivity index (χ0v) is 19.3. The van der Waals surface area contributed by atoms with Crippen LogP contribution < -0.4 is 0 Å². The van der Waals surface area contributed by atoms with E-state index in [9.17, 15) is 5.11 Å². The lowest BCUT2D eigenvalue weighted by Gasteiger charge is -2.43. The molecule has 3 aromatic rings. The van der Waals surface area contributed by atoms with Crippen molar-refractivity contribution in [2.75, 3.05) is 0 Å². The van der Waals surface area contributed by atoms with Crippen molar-refractivity contribution in [3.63, 3.8) is 0 Å². The third-order valence-corrected chi connectivity index (χ3v) is 12.9. The molecular weight excluding hydrogens is 358 g/mol. The van der Waals surface area contributed by atoms with Gasteiger partial charge >= 0.3 is 0 Å². The normalized spacial score (nSPS) is 13.7. The lowest BCUT2D eigenvalue weighted by Crippen LogP contribution is -2.45. The van der Waals surface area contributed by atoms with Crippen molar-refractivity contribution < 1.29 is 5.11 Å². The molecule has 0 radical (unpaired) electrons. The highest BCUT2D eigenvalue weighted by Crippen LogP contribution is 2.46. The fourth-order valence-electron chi connectivity index (χ4n) is 3.97. The predicted octanol–water partition coefficient (Wildman–Crippen LogP) is 6.93. The molecule has 1 heterocycles. The third-order valence-electron chi connectivity index (χ3n) is 6.78. The Kier molecular flexibility index (Phi) is 5.41.